The van der Waals surface area contributed by atoms with Crippen molar-refractivity contribution in [2.75, 3.05) is 19.6 Å². The smallest absolute Gasteiger partial charge is 0.306 e. The molecular formula is C23H25FN6O. The Balaban J connectivity index is 1.35. The Morgan fingerprint density at radius 1 is 1.29 bits per heavy atom. The Kier molecular flexibility index (Phi) is 5.07. The van der Waals surface area contributed by atoms with Crippen LogP contribution in [0.5, 0.6) is 0 Å². The van der Waals surface area contributed by atoms with Gasteiger partial charge < -0.3 is 20.4 Å². The fourth-order valence-electron chi connectivity index (χ4n) is 4.54. The third kappa shape index (κ3) is 3.86. The summed E-state index contributed by atoms with van der Waals surface area (Å²) in [5.41, 5.74) is 8.88. The fourth-order valence-corrected chi connectivity index (χ4v) is 4.54. The van der Waals surface area contributed by atoms with Crippen LogP contribution >= 0.6 is 0 Å². The maximum Gasteiger partial charge on any atom is 0.306 e. The number of nitrogens with one attached hydrogen (secondary N) is 1. The summed E-state index contributed by atoms with van der Waals surface area (Å²) in [6.07, 6.45) is 9.11. The molecule has 0 radical (unpaired) electrons. The number of fused-ring (bicyclic) bond motifs is 4. The van der Waals surface area contributed by atoms with Gasteiger partial charge in [-0.15, -0.1) is 0 Å². The molecule has 7 nitrogen and oxygen atoms in total. The number of rotatable bonds is 6. The van der Waals surface area contributed by atoms with E-state index in [2.05, 4.69) is 26.8 Å². The van der Waals surface area contributed by atoms with Crippen molar-refractivity contribution in [3.05, 3.63) is 66.7 Å². The van der Waals surface area contributed by atoms with Crippen molar-refractivity contribution < 1.29 is 8.81 Å². The van der Waals surface area contributed by atoms with E-state index < -0.39 is 0 Å². The Morgan fingerprint density at radius 3 is 2.77 bits per heavy atom. The lowest BCUT2D eigenvalue weighted by Gasteiger charge is -2.45. The molecule has 0 aliphatic carbocycles. The number of nitrogens with zero attached hydrogens (tertiary/aromatic N) is 4. The van der Waals surface area contributed by atoms with Gasteiger partial charge in [-0.3, -0.25) is 4.40 Å². The molecule has 3 fully saturated rings. The molecule has 1 aromatic carbocycles. The predicted molar refractivity (Wildman–Crippen MR) is 119 cm³/mol. The third-order valence-electron chi connectivity index (χ3n) is 6.15. The summed E-state index contributed by atoms with van der Waals surface area (Å²) in [5.74, 6) is 1.43. The van der Waals surface area contributed by atoms with Crippen LogP contribution in [0.15, 0.2) is 64.6 Å². The highest BCUT2D eigenvalue weighted by atomic mass is 19.1. The first kappa shape index (κ1) is 19.6. The van der Waals surface area contributed by atoms with Crippen LogP contribution in [-0.2, 0) is 0 Å². The molecule has 3 saturated heterocycles. The van der Waals surface area contributed by atoms with Gasteiger partial charge in [-0.05, 0) is 62.2 Å². The van der Waals surface area contributed by atoms with Gasteiger partial charge in [0.05, 0.1) is 11.4 Å². The molecule has 1 unspecified atom stereocenters. The molecule has 3 N–H and O–H groups in total. The topological polar surface area (TPSA) is 84.1 Å². The van der Waals surface area contributed by atoms with E-state index in [1.165, 1.54) is 38.1 Å². The van der Waals surface area contributed by atoms with Crippen LogP contribution in [0.1, 0.15) is 18.5 Å². The van der Waals surface area contributed by atoms with Crippen molar-refractivity contribution >= 4 is 17.8 Å². The maximum atomic E-state index is 13.4. The van der Waals surface area contributed by atoms with Crippen LogP contribution in [0.2, 0.25) is 0 Å². The minimum atomic E-state index is -0.308. The average Bonchev–Trinajstić information content (AvgIpc) is 3.36. The Bertz CT molecular complexity index is 1150. The first-order chi connectivity index (χ1) is 15.1. The number of hydrogen-bond acceptors (Lipinski definition) is 6. The number of piperidine rings is 3. The molecule has 3 aliphatic rings. The maximum absolute atomic E-state index is 13.4. The SMILES string of the molecule is C=C(N=C/C=C(\N)c1c(-c2ccc(F)cc2)nc2occn12)NC1CN2CCC1CC2. The zero-order chi connectivity index (χ0) is 21.4. The number of hydrogen-bond donors (Lipinski definition) is 2. The van der Waals surface area contributed by atoms with Crippen LogP contribution in [0.4, 0.5) is 4.39 Å². The molecule has 3 aliphatic heterocycles. The van der Waals surface area contributed by atoms with Crippen LogP contribution in [0.25, 0.3) is 22.8 Å². The summed E-state index contributed by atoms with van der Waals surface area (Å²) in [6.45, 7) is 7.48. The van der Waals surface area contributed by atoms with E-state index >= 15 is 0 Å². The molecule has 3 aromatic rings. The molecule has 6 rings (SSSR count). The summed E-state index contributed by atoms with van der Waals surface area (Å²) in [6, 6.07) is 6.53. The highest BCUT2D eigenvalue weighted by Gasteiger charge is 2.33. The van der Waals surface area contributed by atoms with Crippen LogP contribution in [0, 0.1) is 11.7 Å². The van der Waals surface area contributed by atoms with Gasteiger partial charge in [-0.2, -0.15) is 4.98 Å². The van der Waals surface area contributed by atoms with Crippen LogP contribution in [0.3, 0.4) is 0 Å². The van der Waals surface area contributed by atoms with Crippen molar-refractivity contribution in [1.82, 2.24) is 19.6 Å². The second-order valence-electron chi connectivity index (χ2n) is 8.11. The molecule has 0 amide bonds. The number of aliphatic imine (C=N–C) groups is 1. The zero-order valence-electron chi connectivity index (χ0n) is 17.2. The lowest BCUT2D eigenvalue weighted by molar-refractivity contribution is 0.0772. The van der Waals surface area contributed by atoms with E-state index in [9.17, 15) is 4.39 Å². The summed E-state index contributed by atoms with van der Waals surface area (Å²) < 4.78 is 20.5. The van der Waals surface area contributed by atoms with Crippen molar-refractivity contribution in [3.8, 4) is 11.3 Å². The summed E-state index contributed by atoms with van der Waals surface area (Å²) >= 11 is 0. The molecule has 1 atom stereocenters. The largest absolute Gasteiger partial charge is 0.432 e. The number of oxazole rings is 1. The Labute approximate surface area is 179 Å². The third-order valence-corrected chi connectivity index (χ3v) is 6.15. The zero-order valence-corrected chi connectivity index (χ0v) is 17.2. The quantitative estimate of drug-likeness (QED) is 0.598. The van der Waals surface area contributed by atoms with E-state index in [0.29, 0.717) is 40.7 Å². The first-order valence-corrected chi connectivity index (χ1v) is 10.5. The highest BCUT2D eigenvalue weighted by molar-refractivity contribution is 5.87. The number of allylic oxidation sites excluding steroid dienone is 1. The minimum Gasteiger partial charge on any atom is -0.432 e. The molecule has 2 aromatic heterocycles. The number of halogens is 1. The highest BCUT2D eigenvalue weighted by Crippen LogP contribution is 2.29. The molecule has 160 valence electrons. The van der Waals surface area contributed by atoms with Gasteiger partial charge >= 0.3 is 5.84 Å². The van der Waals surface area contributed by atoms with Gasteiger partial charge in [-0.1, -0.05) is 6.58 Å². The van der Waals surface area contributed by atoms with Gasteiger partial charge in [-0.25, -0.2) is 9.38 Å². The number of benzene rings is 1. The number of imidazole rings is 1. The minimum absolute atomic E-state index is 0.308. The molecule has 0 saturated carbocycles. The van der Waals surface area contributed by atoms with Crippen molar-refractivity contribution in [3.63, 3.8) is 0 Å². The molecule has 31 heavy (non-hydrogen) atoms. The summed E-state index contributed by atoms with van der Waals surface area (Å²) in [5, 5.41) is 3.45. The normalized spacial score (nSPS) is 23.6. The van der Waals surface area contributed by atoms with Gasteiger partial charge in [0, 0.05) is 30.6 Å². The standard InChI is InChI=1S/C23H25FN6O/c1-15(27-20-14-29-10-7-16(20)8-11-29)26-9-6-19(25)22-21(17-2-4-18(24)5-3-17)28-23-30(22)12-13-31-23/h2-6,9,12-13,16,20,27H,1,7-8,10-11,14,25H2/b19-6-,26-9?. The molecular weight excluding hydrogens is 395 g/mol. The van der Waals surface area contributed by atoms with E-state index in [0.717, 1.165) is 12.1 Å². The molecule has 0 spiro atoms. The average molecular weight is 420 g/mol. The van der Waals surface area contributed by atoms with E-state index in [4.69, 9.17) is 10.2 Å². The molecule has 2 bridgehead atoms. The van der Waals surface area contributed by atoms with Crippen LogP contribution < -0.4 is 11.1 Å². The van der Waals surface area contributed by atoms with Crippen molar-refractivity contribution in [1.29, 1.82) is 0 Å². The van der Waals surface area contributed by atoms with Gasteiger partial charge in [0.2, 0.25) is 0 Å². The van der Waals surface area contributed by atoms with Crippen LogP contribution in [-0.4, -0.2) is 46.2 Å². The summed E-state index contributed by atoms with van der Waals surface area (Å²) in [4.78, 5) is 11.4. The predicted octanol–water partition coefficient (Wildman–Crippen LogP) is 3.26. The van der Waals surface area contributed by atoms with Gasteiger partial charge in [0.15, 0.2) is 0 Å². The second-order valence-corrected chi connectivity index (χ2v) is 8.11. The summed E-state index contributed by atoms with van der Waals surface area (Å²) in [7, 11) is 0. The van der Waals surface area contributed by atoms with E-state index in [1.54, 1.807) is 41.3 Å². The molecule has 8 heteroatoms. The molecule has 5 heterocycles. The monoisotopic (exact) mass is 420 g/mol. The lowest BCUT2D eigenvalue weighted by Crippen LogP contribution is -2.55. The second kappa shape index (κ2) is 8.03. The Morgan fingerprint density at radius 2 is 2.06 bits per heavy atom. The first-order valence-electron chi connectivity index (χ1n) is 10.5. The van der Waals surface area contributed by atoms with Crippen molar-refractivity contribution in [2.45, 2.75) is 18.9 Å². The van der Waals surface area contributed by atoms with E-state index in [-0.39, 0.29) is 5.82 Å². The van der Waals surface area contributed by atoms with Gasteiger partial charge in [0.25, 0.3) is 0 Å². The lowest BCUT2D eigenvalue weighted by atomic mass is 9.84. The fraction of sp³-hybridized carbons (Fsp3) is 0.304. The number of nitrogens with two attached hydrogens (primary N) is 1. The number of aromatic nitrogens is 2. The van der Waals surface area contributed by atoms with E-state index in [1.807, 2.05) is 0 Å². The van der Waals surface area contributed by atoms with Gasteiger partial charge in [0.1, 0.15) is 23.6 Å². The Hall–Kier alpha value is -3.39. The van der Waals surface area contributed by atoms with Crippen molar-refractivity contribution in [2.24, 2.45) is 16.6 Å².